The summed E-state index contributed by atoms with van der Waals surface area (Å²) in [6.07, 6.45) is 3.19. The zero-order valence-electron chi connectivity index (χ0n) is 11.3. The number of carboxylic acid groups (broad SMARTS) is 1. The minimum absolute atomic E-state index is 0.421. The molecule has 2 rings (SSSR count). The molecule has 2 N–H and O–H groups in total. The second kappa shape index (κ2) is 6.06. The maximum absolute atomic E-state index is 11.5. The normalized spacial score (nSPS) is 23.0. The molecular weight excluding hydrogens is 242 g/mol. The van der Waals surface area contributed by atoms with Gasteiger partial charge in [0.2, 0.25) is 0 Å². The second-order valence-electron chi connectivity index (χ2n) is 5.14. The molecule has 1 aromatic carbocycles. The Morgan fingerprint density at radius 2 is 2.21 bits per heavy atom. The number of aliphatic carboxylic acids is 1. The van der Waals surface area contributed by atoms with Crippen LogP contribution in [0.5, 0.6) is 5.75 Å². The Labute approximate surface area is 113 Å². The molecule has 1 unspecified atom stereocenters. The number of aryl methyl sites for hydroxylation is 1. The summed E-state index contributed by atoms with van der Waals surface area (Å²) < 4.78 is 5.71. The van der Waals surface area contributed by atoms with Crippen LogP contribution < -0.4 is 10.1 Å². The van der Waals surface area contributed by atoms with Crippen molar-refractivity contribution in [2.24, 2.45) is 0 Å². The van der Waals surface area contributed by atoms with Crippen LogP contribution in [0.1, 0.15) is 31.2 Å². The molecule has 0 bridgehead atoms. The molecule has 1 saturated heterocycles. The van der Waals surface area contributed by atoms with Gasteiger partial charge in [0.25, 0.3) is 0 Å². The number of hydrogen-bond acceptors (Lipinski definition) is 3. The molecule has 4 heteroatoms. The zero-order chi connectivity index (χ0) is 13.7. The summed E-state index contributed by atoms with van der Waals surface area (Å²) in [4.78, 5) is 11.5. The van der Waals surface area contributed by atoms with E-state index in [9.17, 15) is 9.90 Å². The van der Waals surface area contributed by atoms with Gasteiger partial charge in [0.15, 0.2) is 0 Å². The summed E-state index contributed by atoms with van der Waals surface area (Å²) in [7, 11) is 0. The van der Waals surface area contributed by atoms with Gasteiger partial charge in [0.05, 0.1) is 6.61 Å². The molecule has 1 aliphatic rings. The minimum atomic E-state index is -0.805. The van der Waals surface area contributed by atoms with Crippen molar-refractivity contribution in [3.05, 3.63) is 29.8 Å². The highest BCUT2D eigenvalue weighted by Gasteiger charge is 2.39. The Hall–Kier alpha value is -1.55. The maximum atomic E-state index is 11.5. The van der Waals surface area contributed by atoms with Gasteiger partial charge in [0, 0.05) is 6.42 Å². The molecule has 1 heterocycles. The van der Waals surface area contributed by atoms with Crippen LogP contribution in [0.2, 0.25) is 0 Å². The summed E-state index contributed by atoms with van der Waals surface area (Å²) in [6.45, 7) is 3.18. The third-order valence-corrected chi connectivity index (χ3v) is 3.78. The van der Waals surface area contributed by atoms with E-state index < -0.39 is 11.5 Å². The molecule has 4 nitrogen and oxygen atoms in total. The Kier molecular flexibility index (Phi) is 4.43. The molecule has 0 saturated carbocycles. The zero-order valence-corrected chi connectivity index (χ0v) is 11.3. The highest BCUT2D eigenvalue weighted by atomic mass is 16.5. The highest BCUT2D eigenvalue weighted by Crippen LogP contribution is 2.24. The molecule has 1 fully saturated rings. The lowest BCUT2D eigenvalue weighted by Crippen LogP contribution is -2.55. The number of piperidine rings is 1. The van der Waals surface area contributed by atoms with Gasteiger partial charge in [-0.05, 0) is 44.4 Å². The quantitative estimate of drug-likeness (QED) is 0.856. The highest BCUT2D eigenvalue weighted by molar-refractivity contribution is 5.78. The van der Waals surface area contributed by atoms with E-state index in [1.807, 2.05) is 31.2 Å². The van der Waals surface area contributed by atoms with E-state index in [1.54, 1.807) is 0 Å². The van der Waals surface area contributed by atoms with E-state index in [2.05, 4.69) is 5.32 Å². The van der Waals surface area contributed by atoms with Gasteiger partial charge in [-0.15, -0.1) is 0 Å². The lowest BCUT2D eigenvalue weighted by atomic mass is 9.86. The van der Waals surface area contributed by atoms with E-state index in [4.69, 9.17) is 4.74 Å². The predicted molar refractivity (Wildman–Crippen MR) is 73.5 cm³/mol. The molecule has 19 heavy (non-hydrogen) atoms. The summed E-state index contributed by atoms with van der Waals surface area (Å²) in [5.41, 5.74) is 0.268. The summed E-state index contributed by atoms with van der Waals surface area (Å²) in [5.74, 6) is 0.0689. The smallest absolute Gasteiger partial charge is 0.324 e. The Bertz CT molecular complexity index is 439. The number of para-hydroxylation sites is 1. The number of carboxylic acids is 1. The van der Waals surface area contributed by atoms with Crippen LogP contribution in [0.25, 0.3) is 0 Å². The lowest BCUT2D eigenvalue weighted by Gasteiger charge is -2.34. The first-order chi connectivity index (χ1) is 9.14. The van der Waals surface area contributed by atoms with Crippen molar-refractivity contribution in [3.8, 4) is 5.75 Å². The lowest BCUT2D eigenvalue weighted by molar-refractivity contribution is -0.146. The largest absolute Gasteiger partial charge is 0.493 e. The maximum Gasteiger partial charge on any atom is 0.324 e. The molecule has 1 aromatic rings. The van der Waals surface area contributed by atoms with E-state index in [0.717, 1.165) is 30.7 Å². The minimum Gasteiger partial charge on any atom is -0.493 e. The average Bonchev–Trinajstić information content (AvgIpc) is 2.42. The van der Waals surface area contributed by atoms with Gasteiger partial charge in [-0.2, -0.15) is 0 Å². The fourth-order valence-corrected chi connectivity index (χ4v) is 2.52. The average molecular weight is 263 g/mol. The molecule has 1 aliphatic heterocycles. The van der Waals surface area contributed by atoms with E-state index in [-0.39, 0.29) is 0 Å². The van der Waals surface area contributed by atoms with Crippen molar-refractivity contribution in [2.45, 2.75) is 38.1 Å². The monoisotopic (exact) mass is 263 g/mol. The third kappa shape index (κ3) is 3.26. The van der Waals surface area contributed by atoms with Gasteiger partial charge < -0.3 is 15.2 Å². The number of rotatable bonds is 5. The molecule has 104 valence electrons. The van der Waals surface area contributed by atoms with Crippen LogP contribution in [0, 0.1) is 6.92 Å². The topological polar surface area (TPSA) is 58.6 Å². The first-order valence-corrected chi connectivity index (χ1v) is 6.81. The molecule has 0 radical (unpaired) electrons. The van der Waals surface area contributed by atoms with Crippen LogP contribution in [0.4, 0.5) is 0 Å². The predicted octanol–water partition coefficient (Wildman–Crippen LogP) is 2.36. The number of ether oxygens (including phenoxy) is 1. The third-order valence-electron chi connectivity index (χ3n) is 3.78. The van der Waals surface area contributed by atoms with Crippen molar-refractivity contribution < 1.29 is 14.6 Å². The Balaban J connectivity index is 1.93. The first kappa shape index (κ1) is 13.9. The van der Waals surface area contributed by atoms with E-state index in [1.165, 1.54) is 0 Å². The Morgan fingerprint density at radius 1 is 1.42 bits per heavy atom. The number of benzene rings is 1. The van der Waals surface area contributed by atoms with Gasteiger partial charge in [-0.3, -0.25) is 4.79 Å². The van der Waals surface area contributed by atoms with Gasteiger partial charge in [0.1, 0.15) is 11.3 Å². The van der Waals surface area contributed by atoms with Crippen molar-refractivity contribution >= 4 is 5.97 Å². The second-order valence-corrected chi connectivity index (χ2v) is 5.14. The summed E-state index contributed by atoms with van der Waals surface area (Å²) >= 11 is 0. The molecule has 0 aliphatic carbocycles. The number of nitrogens with one attached hydrogen (secondary N) is 1. The van der Waals surface area contributed by atoms with Crippen LogP contribution in [0.3, 0.4) is 0 Å². The van der Waals surface area contributed by atoms with Crippen molar-refractivity contribution in [2.75, 3.05) is 13.2 Å². The fourth-order valence-electron chi connectivity index (χ4n) is 2.52. The van der Waals surface area contributed by atoms with Gasteiger partial charge >= 0.3 is 5.97 Å². The van der Waals surface area contributed by atoms with Crippen LogP contribution in [-0.4, -0.2) is 29.8 Å². The molecule has 0 amide bonds. The molecule has 1 atom stereocenters. The summed E-state index contributed by atoms with van der Waals surface area (Å²) in [5, 5.41) is 12.6. The number of carbonyl (C=O) groups is 1. The SMILES string of the molecule is Cc1ccccc1OCCC1(C(=O)O)CCCCN1. The van der Waals surface area contributed by atoms with Crippen molar-refractivity contribution in [3.63, 3.8) is 0 Å². The van der Waals surface area contributed by atoms with E-state index in [0.29, 0.717) is 19.4 Å². The summed E-state index contributed by atoms with van der Waals surface area (Å²) in [6, 6.07) is 7.79. The molecular formula is C15H21NO3. The fraction of sp³-hybridized carbons (Fsp3) is 0.533. The Morgan fingerprint density at radius 3 is 2.84 bits per heavy atom. The first-order valence-electron chi connectivity index (χ1n) is 6.81. The molecule has 0 aromatic heterocycles. The molecule has 0 spiro atoms. The van der Waals surface area contributed by atoms with Crippen LogP contribution in [0.15, 0.2) is 24.3 Å². The van der Waals surface area contributed by atoms with Crippen LogP contribution in [-0.2, 0) is 4.79 Å². The van der Waals surface area contributed by atoms with Gasteiger partial charge in [-0.1, -0.05) is 18.2 Å². The number of hydrogen-bond donors (Lipinski definition) is 2. The van der Waals surface area contributed by atoms with Gasteiger partial charge in [-0.25, -0.2) is 0 Å². The van der Waals surface area contributed by atoms with Crippen molar-refractivity contribution in [1.82, 2.24) is 5.32 Å². The van der Waals surface area contributed by atoms with E-state index >= 15 is 0 Å². The van der Waals surface area contributed by atoms with Crippen LogP contribution >= 0.6 is 0 Å². The standard InChI is InChI=1S/C15H21NO3/c1-12-6-2-3-7-13(12)19-11-9-15(14(17)18)8-4-5-10-16-15/h2-3,6-7,16H,4-5,8-11H2,1H3,(H,17,18). The van der Waals surface area contributed by atoms with Crippen molar-refractivity contribution in [1.29, 1.82) is 0 Å².